The number of rotatable bonds is 6. The number of nitrogens with one attached hydrogen (secondary N) is 2. The minimum Gasteiger partial charge on any atom is -0.497 e. The first-order valence-electron chi connectivity index (χ1n) is 10.5. The Balaban J connectivity index is 1.58. The number of anilines is 1. The Bertz CT molecular complexity index is 882. The highest BCUT2D eigenvalue weighted by Crippen LogP contribution is 2.30. The molecule has 160 valence electrons. The van der Waals surface area contributed by atoms with Gasteiger partial charge in [-0.2, -0.15) is 0 Å². The highest BCUT2D eigenvalue weighted by atomic mass is 16.5. The molecule has 0 bridgehead atoms. The second kappa shape index (κ2) is 9.65. The fourth-order valence-corrected chi connectivity index (χ4v) is 3.80. The topological polar surface area (TPSA) is 70.7 Å². The number of carbonyl (C=O) groups is 2. The predicted octanol–water partition coefficient (Wildman–Crippen LogP) is 4.21. The SMILES string of the molecule is CCc1ccc(NC(=O)N2CCC[C@](C)(C(=O)NCc3cccc(OC)c3)C2)cc1. The van der Waals surface area contributed by atoms with Crippen LogP contribution in [0.4, 0.5) is 10.5 Å². The van der Waals surface area contributed by atoms with Gasteiger partial charge in [-0.25, -0.2) is 4.79 Å². The first kappa shape index (κ1) is 21.7. The van der Waals surface area contributed by atoms with Crippen LogP contribution in [0.2, 0.25) is 0 Å². The van der Waals surface area contributed by atoms with Crippen molar-refractivity contribution in [3.05, 3.63) is 59.7 Å². The van der Waals surface area contributed by atoms with Gasteiger partial charge in [0.25, 0.3) is 0 Å². The molecule has 1 saturated heterocycles. The molecule has 6 nitrogen and oxygen atoms in total. The number of methoxy groups -OCH3 is 1. The van der Waals surface area contributed by atoms with Gasteiger partial charge in [-0.3, -0.25) is 4.79 Å². The Morgan fingerprint density at radius 2 is 1.90 bits per heavy atom. The summed E-state index contributed by atoms with van der Waals surface area (Å²) >= 11 is 0. The number of amides is 3. The van der Waals surface area contributed by atoms with E-state index in [0.29, 0.717) is 19.6 Å². The Kier molecular flexibility index (Phi) is 6.98. The number of hydrogen-bond acceptors (Lipinski definition) is 3. The third kappa shape index (κ3) is 5.32. The number of piperidine rings is 1. The summed E-state index contributed by atoms with van der Waals surface area (Å²) < 4.78 is 5.24. The van der Waals surface area contributed by atoms with Crippen molar-refractivity contribution in [2.24, 2.45) is 5.41 Å². The molecule has 1 aliphatic heterocycles. The van der Waals surface area contributed by atoms with Gasteiger partial charge >= 0.3 is 6.03 Å². The minimum atomic E-state index is -0.611. The van der Waals surface area contributed by atoms with Gasteiger partial charge in [0.15, 0.2) is 0 Å². The van der Waals surface area contributed by atoms with E-state index >= 15 is 0 Å². The number of likely N-dealkylation sites (tertiary alicyclic amines) is 1. The van der Waals surface area contributed by atoms with Crippen LogP contribution in [0.25, 0.3) is 0 Å². The van der Waals surface area contributed by atoms with Gasteiger partial charge in [0.1, 0.15) is 5.75 Å². The van der Waals surface area contributed by atoms with E-state index in [4.69, 9.17) is 4.74 Å². The predicted molar refractivity (Wildman–Crippen MR) is 119 cm³/mol. The number of carbonyl (C=O) groups excluding carboxylic acids is 2. The number of ether oxygens (including phenoxy) is 1. The van der Waals surface area contributed by atoms with Crippen LogP contribution in [0.5, 0.6) is 5.75 Å². The third-order valence-corrected chi connectivity index (χ3v) is 5.73. The molecule has 1 atom stereocenters. The molecular formula is C24H31N3O3. The summed E-state index contributed by atoms with van der Waals surface area (Å²) in [6.07, 6.45) is 2.51. The molecule has 2 N–H and O–H groups in total. The summed E-state index contributed by atoms with van der Waals surface area (Å²) in [6.45, 7) is 5.51. The average molecular weight is 410 g/mol. The fourth-order valence-electron chi connectivity index (χ4n) is 3.80. The molecule has 3 rings (SSSR count). The first-order valence-corrected chi connectivity index (χ1v) is 10.5. The van der Waals surface area contributed by atoms with Crippen LogP contribution in [0.1, 0.15) is 37.8 Å². The number of hydrogen-bond donors (Lipinski definition) is 2. The van der Waals surface area contributed by atoms with E-state index in [1.165, 1.54) is 5.56 Å². The van der Waals surface area contributed by atoms with Crippen molar-refractivity contribution in [3.63, 3.8) is 0 Å². The van der Waals surface area contributed by atoms with Gasteiger partial charge in [-0.15, -0.1) is 0 Å². The molecule has 1 fully saturated rings. The number of urea groups is 1. The highest BCUT2D eigenvalue weighted by Gasteiger charge is 2.39. The quantitative estimate of drug-likeness (QED) is 0.751. The number of nitrogens with zero attached hydrogens (tertiary/aromatic N) is 1. The van der Waals surface area contributed by atoms with Crippen molar-refractivity contribution < 1.29 is 14.3 Å². The van der Waals surface area contributed by atoms with Crippen LogP contribution < -0.4 is 15.4 Å². The Morgan fingerprint density at radius 3 is 2.60 bits per heavy atom. The van der Waals surface area contributed by atoms with Gasteiger partial charge in [0.05, 0.1) is 12.5 Å². The Hall–Kier alpha value is -3.02. The summed E-state index contributed by atoms with van der Waals surface area (Å²) in [7, 11) is 1.62. The molecule has 2 aromatic rings. The van der Waals surface area contributed by atoms with Gasteiger partial charge in [0.2, 0.25) is 5.91 Å². The molecule has 0 aromatic heterocycles. The van der Waals surface area contributed by atoms with E-state index in [2.05, 4.69) is 17.6 Å². The summed E-state index contributed by atoms with van der Waals surface area (Å²) in [5.41, 5.74) is 2.37. The molecule has 0 saturated carbocycles. The van der Waals surface area contributed by atoms with Crippen LogP contribution in [0.15, 0.2) is 48.5 Å². The van der Waals surface area contributed by atoms with Crippen molar-refractivity contribution in [3.8, 4) is 5.75 Å². The monoisotopic (exact) mass is 409 g/mol. The van der Waals surface area contributed by atoms with E-state index < -0.39 is 5.41 Å². The standard InChI is InChI=1S/C24H31N3O3/c1-4-18-9-11-20(12-10-18)26-23(29)27-14-6-13-24(2,17-27)22(28)25-16-19-7-5-8-21(15-19)30-3/h5,7-12,15H,4,6,13-14,16-17H2,1-3H3,(H,25,28)(H,26,29)/t24-/m0/s1. The molecule has 1 heterocycles. The fraction of sp³-hybridized carbons (Fsp3) is 0.417. The highest BCUT2D eigenvalue weighted by molar-refractivity contribution is 5.90. The van der Waals surface area contributed by atoms with Crippen molar-refractivity contribution >= 4 is 17.6 Å². The summed E-state index contributed by atoms with van der Waals surface area (Å²) in [4.78, 5) is 27.4. The van der Waals surface area contributed by atoms with Crippen LogP contribution in [0, 0.1) is 5.41 Å². The zero-order valence-electron chi connectivity index (χ0n) is 18.0. The Morgan fingerprint density at radius 1 is 1.13 bits per heavy atom. The molecule has 0 aliphatic carbocycles. The smallest absolute Gasteiger partial charge is 0.321 e. The van der Waals surface area contributed by atoms with E-state index in [-0.39, 0.29) is 11.9 Å². The molecule has 1 aliphatic rings. The molecule has 0 unspecified atom stereocenters. The van der Waals surface area contributed by atoms with Crippen molar-refractivity contribution in [2.75, 3.05) is 25.5 Å². The van der Waals surface area contributed by atoms with Crippen LogP contribution >= 0.6 is 0 Å². The lowest BCUT2D eigenvalue weighted by atomic mass is 9.81. The van der Waals surface area contributed by atoms with Gasteiger partial charge < -0.3 is 20.3 Å². The second-order valence-corrected chi connectivity index (χ2v) is 8.10. The van der Waals surface area contributed by atoms with Crippen molar-refractivity contribution in [2.45, 2.75) is 39.7 Å². The maximum atomic E-state index is 12.9. The summed E-state index contributed by atoms with van der Waals surface area (Å²) in [6, 6.07) is 15.3. The van der Waals surface area contributed by atoms with E-state index in [0.717, 1.165) is 36.3 Å². The Labute approximate surface area is 178 Å². The maximum Gasteiger partial charge on any atom is 0.321 e. The molecule has 3 amide bonds. The van der Waals surface area contributed by atoms with Gasteiger partial charge in [0, 0.05) is 25.3 Å². The molecule has 0 spiro atoms. The van der Waals surface area contributed by atoms with E-state index in [9.17, 15) is 9.59 Å². The average Bonchev–Trinajstić information content (AvgIpc) is 2.78. The summed E-state index contributed by atoms with van der Waals surface area (Å²) in [5.74, 6) is 0.732. The van der Waals surface area contributed by atoms with Crippen molar-refractivity contribution in [1.29, 1.82) is 0 Å². The zero-order chi connectivity index (χ0) is 21.6. The minimum absolute atomic E-state index is 0.0323. The van der Waals surface area contributed by atoms with Crippen LogP contribution in [-0.4, -0.2) is 37.0 Å². The van der Waals surface area contributed by atoms with Gasteiger partial charge in [-0.1, -0.05) is 31.2 Å². The largest absolute Gasteiger partial charge is 0.497 e. The number of benzene rings is 2. The van der Waals surface area contributed by atoms with Crippen LogP contribution in [-0.2, 0) is 17.8 Å². The summed E-state index contributed by atoms with van der Waals surface area (Å²) in [5, 5.41) is 5.98. The van der Waals surface area contributed by atoms with E-state index in [1.807, 2.05) is 55.5 Å². The lowest BCUT2D eigenvalue weighted by Crippen LogP contribution is -2.52. The van der Waals surface area contributed by atoms with E-state index in [1.54, 1.807) is 12.0 Å². The normalized spacial score (nSPS) is 18.6. The molecular weight excluding hydrogens is 378 g/mol. The lowest BCUT2D eigenvalue weighted by molar-refractivity contribution is -0.132. The maximum absolute atomic E-state index is 12.9. The van der Waals surface area contributed by atoms with Crippen LogP contribution in [0.3, 0.4) is 0 Å². The lowest BCUT2D eigenvalue weighted by Gasteiger charge is -2.39. The zero-order valence-corrected chi connectivity index (χ0v) is 18.0. The molecule has 6 heteroatoms. The number of aryl methyl sites for hydroxylation is 1. The molecule has 0 radical (unpaired) electrons. The van der Waals surface area contributed by atoms with Gasteiger partial charge in [-0.05, 0) is 61.6 Å². The molecule has 30 heavy (non-hydrogen) atoms. The second-order valence-electron chi connectivity index (χ2n) is 8.10. The van der Waals surface area contributed by atoms with Crippen molar-refractivity contribution in [1.82, 2.24) is 10.2 Å². The first-order chi connectivity index (χ1) is 14.4. The third-order valence-electron chi connectivity index (χ3n) is 5.73. The molecule has 2 aromatic carbocycles.